The van der Waals surface area contributed by atoms with Crippen molar-refractivity contribution in [3.8, 4) is 0 Å². The summed E-state index contributed by atoms with van der Waals surface area (Å²) >= 11 is 7.55. The molecule has 0 fully saturated rings. The van der Waals surface area contributed by atoms with E-state index in [-0.39, 0.29) is 22.9 Å². The molecule has 3 aromatic carbocycles. The Morgan fingerprint density at radius 2 is 1.68 bits per heavy atom. The minimum Gasteiger partial charge on any atom is -0.325 e. The molecule has 1 amide bonds. The molecule has 0 spiro atoms. The van der Waals surface area contributed by atoms with Gasteiger partial charge in [-0.05, 0) is 36.4 Å². The van der Waals surface area contributed by atoms with Gasteiger partial charge in [0.15, 0.2) is 0 Å². The Kier molecular flexibility index (Phi) is 5.74. The number of carbonyl (C=O) groups excluding carboxylic acids is 1. The van der Waals surface area contributed by atoms with Crippen molar-refractivity contribution in [1.82, 2.24) is 0 Å². The summed E-state index contributed by atoms with van der Waals surface area (Å²) in [6, 6.07) is 21.8. The fraction of sp³-hybridized carbons (Fsp3) is 0.0500. The number of benzene rings is 3. The first kappa shape index (κ1) is 17.5. The summed E-state index contributed by atoms with van der Waals surface area (Å²) in [7, 11) is 0. The molecule has 0 bridgehead atoms. The third-order valence-electron chi connectivity index (χ3n) is 3.53. The SMILES string of the molecule is O=C(Cc1c(F)cccc1Cl)Nc1ccccc1Sc1ccccc1. The summed E-state index contributed by atoms with van der Waals surface area (Å²) in [5.41, 5.74) is 0.892. The van der Waals surface area contributed by atoms with Gasteiger partial charge in [-0.2, -0.15) is 0 Å². The number of hydrogen-bond donors (Lipinski definition) is 1. The van der Waals surface area contributed by atoms with Gasteiger partial charge in [0.1, 0.15) is 5.82 Å². The standard InChI is InChI=1S/C20H15ClFNOS/c21-16-9-6-10-17(22)15(16)13-20(24)23-18-11-4-5-12-19(18)25-14-7-2-1-3-8-14/h1-12H,13H2,(H,23,24). The molecule has 0 saturated carbocycles. The van der Waals surface area contributed by atoms with Gasteiger partial charge in [-0.15, -0.1) is 0 Å². The van der Waals surface area contributed by atoms with E-state index in [1.54, 1.807) is 17.8 Å². The first-order chi connectivity index (χ1) is 12.1. The lowest BCUT2D eigenvalue weighted by molar-refractivity contribution is -0.115. The van der Waals surface area contributed by atoms with Crippen LogP contribution in [0.15, 0.2) is 82.6 Å². The number of rotatable bonds is 5. The van der Waals surface area contributed by atoms with Gasteiger partial charge >= 0.3 is 0 Å². The molecular formula is C20H15ClFNOS. The monoisotopic (exact) mass is 371 g/mol. The smallest absolute Gasteiger partial charge is 0.228 e. The van der Waals surface area contributed by atoms with Crippen molar-refractivity contribution in [3.63, 3.8) is 0 Å². The molecule has 0 unspecified atom stereocenters. The maximum absolute atomic E-state index is 13.8. The van der Waals surface area contributed by atoms with Crippen molar-refractivity contribution in [2.24, 2.45) is 0 Å². The first-order valence-electron chi connectivity index (χ1n) is 7.68. The first-order valence-corrected chi connectivity index (χ1v) is 8.87. The normalized spacial score (nSPS) is 10.5. The lowest BCUT2D eigenvalue weighted by Crippen LogP contribution is -2.16. The van der Waals surface area contributed by atoms with Crippen molar-refractivity contribution in [3.05, 3.63) is 89.2 Å². The summed E-state index contributed by atoms with van der Waals surface area (Å²) in [6.07, 6.45) is -0.115. The maximum atomic E-state index is 13.8. The van der Waals surface area contributed by atoms with Crippen LogP contribution in [0.3, 0.4) is 0 Å². The predicted molar refractivity (Wildman–Crippen MR) is 101 cm³/mol. The van der Waals surface area contributed by atoms with Crippen molar-refractivity contribution >= 4 is 35.0 Å². The predicted octanol–water partition coefficient (Wildman–Crippen LogP) is 5.81. The molecule has 0 atom stereocenters. The van der Waals surface area contributed by atoms with Crippen LogP contribution < -0.4 is 5.32 Å². The van der Waals surface area contributed by atoms with Crippen molar-refractivity contribution < 1.29 is 9.18 Å². The van der Waals surface area contributed by atoms with Gasteiger partial charge in [0.05, 0.1) is 12.1 Å². The highest BCUT2D eigenvalue weighted by molar-refractivity contribution is 7.99. The summed E-state index contributed by atoms with van der Waals surface area (Å²) in [4.78, 5) is 14.3. The van der Waals surface area contributed by atoms with Crippen LogP contribution in [-0.2, 0) is 11.2 Å². The Labute approximate surface area is 155 Å². The fourth-order valence-electron chi connectivity index (χ4n) is 2.33. The summed E-state index contributed by atoms with van der Waals surface area (Å²) < 4.78 is 13.8. The van der Waals surface area contributed by atoms with Gasteiger partial charge in [0, 0.05) is 20.4 Å². The highest BCUT2D eigenvalue weighted by Gasteiger charge is 2.13. The largest absolute Gasteiger partial charge is 0.325 e. The summed E-state index contributed by atoms with van der Waals surface area (Å²) in [5, 5.41) is 3.10. The second kappa shape index (κ2) is 8.19. The van der Waals surface area contributed by atoms with Crippen LogP contribution >= 0.6 is 23.4 Å². The second-order valence-electron chi connectivity index (χ2n) is 5.34. The molecule has 0 radical (unpaired) electrons. The van der Waals surface area contributed by atoms with Crippen molar-refractivity contribution in [2.75, 3.05) is 5.32 Å². The lowest BCUT2D eigenvalue weighted by Gasteiger charge is -2.11. The van der Waals surface area contributed by atoms with E-state index in [4.69, 9.17) is 11.6 Å². The Hall–Kier alpha value is -2.30. The summed E-state index contributed by atoms with van der Waals surface area (Å²) in [6.45, 7) is 0. The molecule has 0 saturated heterocycles. The Bertz CT molecular complexity index is 866. The zero-order valence-corrected chi connectivity index (χ0v) is 14.8. The molecule has 0 aliphatic heterocycles. The lowest BCUT2D eigenvalue weighted by atomic mass is 10.1. The minimum absolute atomic E-state index is 0.115. The van der Waals surface area contributed by atoms with E-state index in [0.29, 0.717) is 5.69 Å². The number of nitrogens with one attached hydrogen (secondary N) is 1. The number of hydrogen-bond acceptors (Lipinski definition) is 2. The molecule has 1 N–H and O–H groups in total. The minimum atomic E-state index is -0.477. The zero-order valence-electron chi connectivity index (χ0n) is 13.2. The molecule has 3 aromatic rings. The van der Waals surface area contributed by atoms with Gasteiger partial charge in [-0.1, -0.05) is 59.8 Å². The molecule has 3 rings (SSSR count). The quantitative estimate of drug-likeness (QED) is 0.613. The number of amides is 1. The molecule has 126 valence electrons. The average molecular weight is 372 g/mol. The van der Waals surface area contributed by atoms with Crippen molar-refractivity contribution in [1.29, 1.82) is 0 Å². The molecule has 25 heavy (non-hydrogen) atoms. The Balaban J connectivity index is 1.76. The Morgan fingerprint density at radius 3 is 2.44 bits per heavy atom. The van der Waals surface area contributed by atoms with Gasteiger partial charge in [-0.25, -0.2) is 4.39 Å². The van der Waals surface area contributed by atoms with E-state index in [1.165, 1.54) is 12.1 Å². The number of anilines is 1. The number of para-hydroxylation sites is 1. The van der Waals surface area contributed by atoms with Crippen LogP contribution in [-0.4, -0.2) is 5.91 Å². The molecule has 2 nitrogen and oxygen atoms in total. The van der Waals surface area contributed by atoms with Crippen LogP contribution in [0, 0.1) is 5.82 Å². The van der Waals surface area contributed by atoms with Gasteiger partial charge in [-0.3, -0.25) is 4.79 Å². The third-order valence-corrected chi connectivity index (χ3v) is 4.97. The molecule has 5 heteroatoms. The van der Waals surface area contributed by atoms with E-state index in [0.717, 1.165) is 9.79 Å². The van der Waals surface area contributed by atoms with Crippen LogP contribution in [0.4, 0.5) is 10.1 Å². The van der Waals surface area contributed by atoms with E-state index in [9.17, 15) is 9.18 Å². The summed E-state index contributed by atoms with van der Waals surface area (Å²) in [5.74, 6) is -0.789. The Morgan fingerprint density at radius 1 is 0.960 bits per heavy atom. The van der Waals surface area contributed by atoms with Crippen LogP contribution in [0.2, 0.25) is 5.02 Å². The van der Waals surface area contributed by atoms with E-state index >= 15 is 0 Å². The van der Waals surface area contributed by atoms with Crippen molar-refractivity contribution in [2.45, 2.75) is 16.2 Å². The van der Waals surface area contributed by atoms with Crippen LogP contribution in [0.5, 0.6) is 0 Å². The van der Waals surface area contributed by atoms with Gasteiger partial charge in [0.2, 0.25) is 5.91 Å². The molecule has 0 aliphatic carbocycles. The molecular weight excluding hydrogens is 357 g/mol. The second-order valence-corrected chi connectivity index (χ2v) is 6.86. The number of halogens is 2. The average Bonchev–Trinajstić information content (AvgIpc) is 2.61. The fourth-order valence-corrected chi connectivity index (χ4v) is 3.48. The van der Waals surface area contributed by atoms with E-state index in [2.05, 4.69) is 5.32 Å². The van der Waals surface area contributed by atoms with Crippen LogP contribution in [0.1, 0.15) is 5.56 Å². The van der Waals surface area contributed by atoms with E-state index < -0.39 is 5.82 Å². The highest BCUT2D eigenvalue weighted by Crippen LogP contribution is 2.33. The molecule has 0 aliphatic rings. The molecule has 0 heterocycles. The maximum Gasteiger partial charge on any atom is 0.228 e. The van der Waals surface area contributed by atoms with Gasteiger partial charge < -0.3 is 5.32 Å². The van der Waals surface area contributed by atoms with E-state index in [1.807, 2.05) is 54.6 Å². The zero-order chi connectivity index (χ0) is 17.6. The molecule has 0 aromatic heterocycles. The van der Waals surface area contributed by atoms with Gasteiger partial charge in [0.25, 0.3) is 0 Å². The van der Waals surface area contributed by atoms with Crippen LogP contribution in [0.25, 0.3) is 0 Å². The third kappa shape index (κ3) is 4.62. The number of carbonyl (C=O) groups is 1. The highest BCUT2D eigenvalue weighted by atomic mass is 35.5. The topological polar surface area (TPSA) is 29.1 Å².